The largest absolute Gasteiger partial charge is 0.468 e. The molecule has 27 heavy (non-hydrogen) atoms. The third-order valence-electron chi connectivity index (χ3n) is 4.97. The first-order valence-electron chi connectivity index (χ1n) is 9.31. The molecule has 2 atom stereocenters. The van der Waals surface area contributed by atoms with Crippen molar-refractivity contribution >= 4 is 5.91 Å². The summed E-state index contributed by atoms with van der Waals surface area (Å²) < 4.78 is 21.5. The van der Waals surface area contributed by atoms with Crippen molar-refractivity contribution in [3.8, 4) is 11.5 Å². The Hall–Kier alpha value is -1.83. The van der Waals surface area contributed by atoms with Gasteiger partial charge in [-0.25, -0.2) is 5.06 Å². The number of nitrogens with zero attached hydrogens (tertiary/aromatic N) is 1. The Morgan fingerprint density at radius 2 is 1.74 bits per heavy atom. The Labute approximate surface area is 161 Å². The van der Waals surface area contributed by atoms with Crippen LogP contribution < -0.4 is 9.47 Å². The number of benzene rings is 1. The predicted octanol–water partition coefficient (Wildman–Crippen LogP) is 3.34. The van der Waals surface area contributed by atoms with Gasteiger partial charge in [0.15, 0.2) is 13.6 Å². The van der Waals surface area contributed by atoms with Gasteiger partial charge < -0.3 is 18.9 Å². The molecule has 1 saturated carbocycles. The minimum Gasteiger partial charge on any atom is -0.468 e. The van der Waals surface area contributed by atoms with Crippen molar-refractivity contribution in [2.75, 3.05) is 42.0 Å². The average molecular weight is 381 g/mol. The summed E-state index contributed by atoms with van der Waals surface area (Å²) in [7, 11) is 6.33. The maximum atomic E-state index is 12.9. The first kappa shape index (κ1) is 21.5. The molecule has 0 aromatic heterocycles. The van der Waals surface area contributed by atoms with E-state index in [2.05, 4.69) is 0 Å². The van der Waals surface area contributed by atoms with Gasteiger partial charge in [0, 0.05) is 32.7 Å². The van der Waals surface area contributed by atoms with Crippen molar-refractivity contribution in [2.45, 2.75) is 38.0 Å². The van der Waals surface area contributed by atoms with E-state index in [1.165, 1.54) is 12.2 Å². The van der Waals surface area contributed by atoms with Crippen LogP contribution in [0.2, 0.25) is 0 Å². The highest BCUT2D eigenvalue weighted by atomic mass is 16.7. The van der Waals surface area contributed by atoms with Crippen LogP contribution in [0.1, 0.15) is 43.6 Å². The lowest BCUT2D eigenvalue weighted by atomic mass is 9.81. The molecule has 1 aliphatic carbocycles. The van der Waals surface area contributed by atoms with Gasteiger partial charge in [0.2, 0.25) is 5.91 Å². The number of hydroxylamine groups is 2. The Morgan fingerprint density at radius 3 is 2.44 bits per heavy atom. The molecule has 0 heterocycles. The van der Waals surface area contributed by atoms with Gasteiger partial charge in [0.05, 0.1) is 7.11 Å². The zero-order valence-electron chi connectivity index (χ0n) is 16.7. The highest BCUT2D eigenvalue weighted by molar-refractivity contribution is 5.79. The van der Waals surface area contributed by atoms with Gasteiger partial charge in [-0.05, 0) is 37.0 Å². The van der Waals surface area contributed by atoms with Crippen molar-refractivity contribution < 1.29 is 28.6 Å². The minimum atomic E-state index is -0.167. The van der Waals surface area contributed by atoms with E-state index in [-0.39, 0.29) is 31.3 Å². The summed E-state index contributed by atoms with van der Waals surface area (Å²) >= 11 is 0. The number of rotatable bonds is 9. The molecule has 1 aromatic carbocycles. The van der Waals surface area contributed by atoms with Crippen molar-refractivity contribution in [1.29, 1.82) is 0 Å². The Morgan fingerprint density at radius 1 is 1.04 bits per heavy atom. The Kier molecular flexibility index (Phi) is 8.84. The minimum absolute atomic E-state index is 0.00898. The van der Waals surface area contributed by atoms with Gasteiger partial charge in [-0.3, -0.25) is 9.63 Å². The van der Waals surface area contributed by atoms with Crippen molar-refractivity contribution in [3.63, 3.8) is 0 Å². The molecule has 0 unspecified atom stereocenters. The van der Waals surface area contributed by atoms with Gasteiger partial charge >= 0.3 is 0 Å². The van der Waals surface area contributed by atoms with Crippen LogP contribution in [-0.2, 0) is 19.1 Å². The van der Waals surface area contributed by atoms with Crippen LogP contribution in [0.15, 0.2) is 18.2 Å². The monoisotopic (exact) mass is 381 g/mol. The van der Waals surface area contributed by atoms with E-state index in [4.69, 9.17) is 23.8 Å². The SMILES string of the molecule is COCOc1ccc(OCOC)c([C@@H]2CCCCC[C@@H]2C(=O)N(C)OC)c1. The van der Waals surface area contributed by atoms with E-state index >= 15 is 0 Å². The van der Waals surface area contributed by atoms with E-state index in [0.717, 1.165) is 37.7 Å². The number of methoxy groups -OCH3 is 2. The standard InChI is InChI=1S/C20H31NO6/c1-21(25-4)20(22)17-9-7-5-6-8-16(17)18-12-15(26-13-23-2)10-11-19(18)27-14-24-3/h10-12,16-17H,5-9,13-14H2,1-4H3/t16-,17+/m1/s1. The van der Waals surface area contributed by atoms with Crippen LogP contribution in [0.4, 0.5) is 0 Å². The Bertz CT molecular complexity index is 594. The summed E-state index contributed by atoms with van der Waals surface area (Å²) in [4.78, 5) is 18.1. The average Bonchev–Trinajstić information content (AvgIpc) is 2.95. The molecule has 2 rings (SSSR count). The zero-order chi connectivity index (χ0) is 19.6. The van der Waals surface area contributed by atoms with Crippen LogP contribution >= 0.6 is 0 Å². The molecule has 1 aliphatic rings. The molecule has 0 saturated heterocycles. The topological polar surface area (TPSA) is 66.5 Å². The molecule has 0 spiro atoms. The number of hydrogen-bond acceptors (Lipinski definition) is 6. The molecule has 0 bridgehead atoms. The molecular formula is C20H31NO6. The second-order valence-electron chi connectivity index (χ2n) is 6.67. The summed E-state index contributed by atoms with van der Waals surface area (Å²) in [6.07, 6.45) is 4.94. The smallest absolute Gasteiger partial charge is 0.249 e. The molecule has 1 aromatic rings. The number of carbonyl (C=O) groups excluding carboxylic acids is 1. The predicted molar refractivity (Wildman–Crippen MR) is 101 cm³/mol. The van der Waals surface area contributed by atoms with Crippen molar-refractivity contribution in [2.24, 2.45) is 5.92 Å². The third-order valence-corrected chi connectivity index (χ3v) is 4.97. The van der Waals surface area contributed by atoms with Crippen molar-refractivity contribution in [3.05, 3.63) is 23.8 Å². The maximum absolute atomic E-state index is 12.9. The number of ether oxygens (including phenoxy) is 4. The molecule has 1 amide bonds. The van der Waals surface area contributed by atoms with E-state index in [1.807, 2.05) is 18.2 Å². The van der Waals surface area contributed by atoms with Crippen LogP contribution in [0.5, 0.6) is 11.5 Å². The number of amides is 1. The van der Waals surface area contributed by atoms with Gasteiger partial charge in [0.25, 0.3) is 0 Å². The summed E-state index contributed by atoms with van der Waals surface area (Å²) in [5, 5.41) is 1.32. The van der Waals surface area contributed by atoms with Crippen LogP contribution in [0.3, 0.4) is 0 Å². The van der Waals surface area contributed by atoms with Gasteiger partial charge in [-0.1, -0.05) is 19.3 Å². The zero-order valence-corrected chi connectivity index (χ0v) is 16.7. The Balaban J connectivity index is 2.39. The fourth-order valence-electron chi connectivity index (χ4n) is 3.59. The van der Waals surface area contributed by atoms with Crippen LogP contribution in [-0.4, -0.2) is 52.9 Å². The third kappa shape index (κ3) is 5.82. The molecule has 152 valence electrons. The van der Waals surface area contributed by atoms with Crippen LogP contribution in [0.25, 0.3) is 0 Å². The van der Waals surface area contributed by atoms with E-state index < -0.39 is 0 Å². The van der Waals surface area contributed by atoms with E-state index in [0.29, 0.717) is 11.5 Å². The molecule has 0 radical (unpaired) electrons. The van der Waals surface area contributed by atoms with Gasteiger partial charge in [-0.15, -0.1) is 0 Å². The highest BCUT2D eigenvalue weighted by Gasteiger charge is 2.34. The van der Waals surface area contributed by atoms with Crippen molar-refractivity contribution in [1.82, 2.24) is 5.06 Å². The lowest BCUT2D eigenvalue weighted by Crippen LogP contribution is -2.35. The molecule has 7 nitrogen and oxygen atoms in total. The normalized spacial score (nSPS) is 20.0. The first-order chi connectivity index (χ1) is 13.1. The molecule has 1 fully saturated rings. The number of hydrogen-bond donors (Lipinski definition) is 0. The summed E-state index contributed by atoms with van der Waals surface area (Å²) in [5.74, 6) is 1.25. The second kappa shape index (κ2) is 11.1. The van der Waals surface area contributed by atoms with Gasteiger partial charge in [0.1, 0.15) is 11.5 Å². The summed E-state index contributed by atoms with van der Waals surface area (Å²) in [6, 6.07) is 5.65. The summed E-state index contributed by atoms with van der Waals surface area (Å²) in [6.45, 7) is 0.311. The lowest BCUT2D eigenvalue weighted by Gasteiger charge is -2.29. The van der Waals surface area contributed by atoms with E-state index in [9.17, 15) is 4.79 Å². The van der Waals surface area contributed by atoms with E-state index in [1.54, 1.807) is 21.3 Å². The maximum Gasteiger partial charge on any atom is 0.249 e. The fraction of sp³-hybridized carbons (Fsp3) is 0.650. The highest BCUT2D eigenvalue weighted by Crippen LogP contribution is 2.42. The first-order valence-corrected chi connectivity index (χ1v) is 9.31. The second-order valence-corrected chi connectivity index (χ2v) is 6.67. The van der Waals surface area contributed by atoms with Crippen LogP contribution in [0, 0.1) is 5.92 Å². The fourth-order valence-corrected chi connectivity index (χ4v) is 3.59. The lowest BCUT2D eigenvalue weighted by molar-refractivity contribution is -0.174. The summed E-state index contributed by atoms with van der Waals surface area (Å²) in [5.41, 5.74) is 0.963. The van der Waals surface area contributed by atoms with Gasteiger partial charge in [-0.2, -0.15) is 0 Å². The number of carbonyl (C=O) groups is 1. The molecular weight excluding hydrogens is 350 g/mol. The molecule has 7 heteroatoms. The molecule has 0 aliphatic heterocycles. The quantitative estimate of drug-likeness (QED) is 0.371. The molecule has 0 N–H and O–H groups in total.